The number of anilines is 1. The Bertz CT molecular complexity index is 1500. The zero-order valence-corrected chi connectivity index (χ0v) is 25.1. The second-order valence-electron chi connectivity index (χ2n) is 10.2. The summed E-state index contributed by atoms with van der Waals surface area (Å²) in [7, 11) is -4.24. The molecule has 0 unspecified atom stereocenters. The molecule has 4 rings (SSSR count). The van der Waals surface area contributed by atoms with E-state index in [4.69, 9.17) is 23.2 Å². The lowest BCUT2D eigenvalue weighted by Gasteiger charge is -2.32. The van der Waals surface area contributed by atoms with Crippen molar-refractivity contribution in [3.63, 3.8) is 0 Å². The maximum atomic E-state index is 14.0. The molecular formula is C30H32Cl2FN3O4S. The summed E-state index contributed by atoms with van der Waals surface area (Å²) >= 11 is 12.5. The summed E-state index contributed by atoms with van der Waals surface area (Å²) in [5, 5.41) is 3.73. The lowest BCUT2D eigenvalue weighted by atomic mass is 10.1. The number of nitrogens with zero attached hydrogens (tertiary/aromatic N) is 2. The Kier molecular flexibility index (Phi) is 9.94. The summed E-state index contributed by atoms with van der Waals surface area (Å²) in [6.45, 7) is 2.74. The zero-order valence-electron chi connectivity index (χ0n) is 22.8. The van der Waals surface area contributed by atoms with E-state index < -0.39 is 34.3 Å². The topological polar surface area (TPSA) is 86.8 Å². The molecule has 1 aliphatic carbocycles. The van der Waals surface area contributed by atoms with E-state index in [-0.39, 0.29) is 29.1 Å². The van der Waals surface area contributed by atoms with E-state index in [1.165, 1.54) is 35.2 Å². The Morgan fingerprint density at radius 1 is 1.00 bits per heavy atom. The number of hydrogen-bond donors (Lipinski definition) is 1. The predicted octanol–water partition coefficient (Wildman–Crippen LogP) is 6.11. The van der Waals surface area contributed by atoms with E-state index in [9.17, 15) is 22.4 Å². The molecule has 0 spiro atoms. The van der Waals surface area contributed by atoms with Crippen LogP contribution in [0.1, 0.15) is 43.7 Å². The van der Waals surface area contributed by atoms with Gasteiger partial charge >= 0.3 is 0 Å². The van der Waals surface area contributed by atoms with Crippen LogP contribution in [0.4, 0.5) is 10.1 Å². The van der Waals surface area contributed by atoms with Crippen molar-refractivity contribution < 1.29 is 22.4 Å². The number of aryl methyl sites for hydroxylation is 1. The van der Waals surface area contributed by atoms with Gasteiger partial charge in [0.1, 0.15) is 18.4 Å². The van der Waals surface area contributed by atoms with Crippen molar-refractivity contribution in [3.05, 3.63) is 93.7 Å². The van der Waals surface area contributed by atoms with Crippen LogP contribution in [0.25, 0.3) is 0 Å². The van der Waals surface area contributed by atoms with Crippen LogP contribution in [-0.2, 0) is 26.2 Å². The van der Waals surface area contributed by atoms with Crippen LogP contribution in [0, 0.1) is 12.7 Å². The highest BCUT2D eigenvalue weighted by atomic mass is 35.5. The van der Waals surface area contributed by atoms with Crippen molar-refractivity contribution in [2.24, 2.45) is 0 Å². The number of rotatable bonds is 10. The Balaban J connectivity index is 1.70. The largest absolute Gasteiger partial charge is 0.352 e. The third kappa shape index (κ3) is 7.58. The first kappa shape index (κ1) is 30.8. The molecule has 1 aliphatic rings. The van der Waals surface area contributed by atoms with Crippen LogP contribution in [0.15, 0.2) is 71.6 Å². The fourth-order valence-corrected chi connectivity index (χ4v) is 6.66. The third-order valence-corrected chi connectivity index (χ3v) is 9.60. The smallest absolute Gasteiger partial charge is 0.264 e. The maximum Gasteiger partial charge on any atom is 0.264 e. The first-order valence-electron chi connectivity index (χ1n) is 13.3. The molecule has 11 heteroatoms. The van der Waals surface area contributed by atoms with Crippen molar-refractivity contribution in [2.75, 3.05) is 10.8 Å². The summed E-state index contributed by atoms with van der Waals surface area (Å²) in [6, 6.07) is 15.0. The van der Waals surface area contributed by atoms with E-state index in [1.54, 1.807) is 31.2 Å². The number of amides is 2. The highest BCUT2D eigenvalue weighted by Gasteiger charge is 2.33. The third-order valence-electron chi connectivity index (χ3n) is 7.23. The van der Waals surface area contributed by atoms with E-state index in [0.29, 0.717) is 15.6 Å². The van der Waals surface area contributed by atoms with Crippen molar-refractivity contribution in [2.45, 2.75) is 63.1 Å². The average Bonchev–Trinajstić information content (AvgIpc) is 3.44. The van der Waals surface area contributed by atoms with Crippen LogP contribution < -0.4 is 9.62 Å². The monoisotopic (exact) mass is 619 g/mol. The molecule has 3 aromatic carbocycles. The molecule has 2 amide bonds. The normalized spacial score (nSPS) is 14.5. The molecule has 0 aromatic heterocycles. The van der Waals surface area contributed by atoms with Gasteiger partial charge in [0.25, 0.3) is 10.0 Å². The molecule has 0 saturated heterocycles. The summed E-state index contributed by atoms with van der Waals surface area (Å²) in [5.41, 5.74) is 1.51. The van der Waals surface area contributed by atoms with E-state index in [2.05, 4.69) is 5.32 Å². The van der Waals surface area contributed by atoms with E-state index >= 15 is 0 Å². The van der Waals surface area contributed by atoms with E-state index in [1.807, 2.05) is 6.92 Å². The van der Waals surface area contributed by atoms with Gasteiger partial charge in [0, 0.05) is 22.6 Å². The highest BCUT2D eigenvalue weighted by Crippen LogP contribution is 2.27. The van der Waals surface area contributed by atoms with Gasteiger partial charge in [0.2, 0.25) is 11.8 Å². The summed E-state index contributed by atoms with van der Waals surface area (Å²) < 4.78 is 42.3. The molecule has 1 saturated carbocycles. The molecule has 1 atom stereocenters. The second kappa shape index (κ2) is 13.2. The van der Waals surface area contributed by atoms with Crippen LogP contribution in [0.5, 0.6) is 0 Å². The molecule has 3 aromatic rings. The minimum Gasteiger partial charge on any atom is -0.352 e. The van der Waals surface area contributed by atoms with Gasteiger partial charge in [-0.15, -0.1) is 0 Å². The minimum atomic E-state index is -4.24. The van der Waals surface area contributed by atoms with Crippen LogP contribution in [0.2, 0.25) is 10.0 Å². The van der Waals surface area contributed by atoms with Crippen molar-refractivity contribution in [1.82, 2.24) is 10.2 Å². The molecule has 0 bridgehead atoms. The number of hydrogen-bond acceptors (Lipinski definition) is 4. The lowest BCUT2D eigenvalue weighted by Crippen LogP contribution is -2.52. The quantitative estimate of drug-likeness (QED) is 0.296. The summed E-state index contributed by atoms with van der Waals surface area (Å²) in [6.07, 6.45) is 3.77. The first-order valence-corrected chi connectivity index (χ1v) is 15.5. The molecule has 0 radical (unpaired) electrons. The fraction of sp³-hybridized carbons (Fsp3) is 0.333. The molecule has 0 heterocycles. The lowest BCUT2D eigenvalue weighted by molar-refractivity contribution is -0.139. The van der Waals surface area contributed by atoms with Gasteiger partial charge < -0.3 is 10.2 Å². The van der Waals surface area contributed by atoms with Gasteiger partial charge in [0.05, 0.1) is 10.6 Å². The number of sulfonamides is 1. The van der Waals surface area contributed by atoms with Gasteiger partial charge in [0.15, 0.2) is 0 Å². The number of nitrogens with one attached hydrogen (secondary N) is 1. The van der Waals surface area contributed by atoms with Crippen molar-refractivity contribution in [1.29, 1.82) is 0 Å². The zero-order chi connectivity index (χ0) is 29.7. The van der Waals surface area contributed by atoms with Crippen LogP contribution in [0.3, 0.4) is 0 Å². The number of benzene rings is 3. The first-order chi connectivity index (χ1) is 19.5. The fourth-order valence-electron chi connectivity index (χ4n) is 4.78. The molecule has 0 aliphatic heterocycles. The Morgan fingerprint density at radius 2 is 1.63 bits per heavy atom. The molecule has 218 valence electrons. The molecule has 7 nitrogen and oxygen atoms in total. The van der Waals surface area contributed by atoms with Crippen molar-refractivity contribution >= 4 is 50.7 Å². The molecular weight excluding hydrogens is 588 g/mol. The number of carbonyl (C=O) groups excluding carboxylic acids is 2. The molecule has 41 heavy (non-hydrogen) atoms. The van der Waals surface area contributed by atoms with Gasteiger partial charge in [-0.2, -0.15) is 0 Å². The number of carbonyl (C=O) groups is 2. The summed E-state index contributed by atoms with van der Waals surface area (Å²) in [4.78, 5) is 28.6. The van der Waals surface area contributed by atoms with Gasteiger partial charge in [-0.25, -0.2) is 12.8 Å². The van der Waals surface area contributed by atoms with Gasteiger partial charge in [-0.05, 0) is 80.8 Å². The SMILES string of the molecule is Cc1ccc(S(=O)(=O)N(CC(=O)N(Cc2ccc(Cl)cc2Cl)[C@H](C)C(=O)NC2CCCC2)c2ccc(F)cc2)cc1. The summed E-state index contributed by atoms with van der Waals surface area (Å²) in [5.74, 6) is -1.53. The van der Waals surface area contributed by atoms with Crippen LogP contribution in [-0.4, -0.2) is 43.8 Å². The Morgan fingerprint density at radius 3 is 2.24 bits per heavy atom. The Labute approximate surface area is 250 Å². The predicted molar refractivity (Wildman–Crippen MR) is 159 cm³/mol. The van der Waals surface area contributed by atoms with Gasteiger partial charge in [-0.1, -0.05) is 59.8 Å². The molecule has 1 N–H and O–H groups in total. The Hall–Kier alpha value is -3.14. The van der Waals surface area contributed by atoms with Gasteiger partial charge in [-0.3, -0.25) is 13.9 Å². The van der Waals surface area contributed by atoms with Crippen molar-refractivity contribution in [3.8, 4) is 0 Å². The van der Waals surface area contributed by atoms with E-state index in [0.717, 1.165) is 47.7 Å². The average molecular weight is 621 g/mol. The standard InChI is InChI=1S/C30H32Cl2FN3O4S/c1-20-7-15-27(16-8-20)41(39,40)36(26-13-11-24(33)12-14-26)19-29(37)35(18-22-9-10-23(31)17-28(22)32)21(2)30(38)34-25-5-3-4-6-25/h7-17,21,25H,3-6,18-19H2,1-2H3,(H,34,38)/t21-/m1/s1. The second-order valence-corrected chi connectivity index (χ2v) is 12.9. The number of halogens is 3. The highest BCUT2D eigenvalue weighted by molar-refractivity contribution is 7.92. The maximum absolute atomic E-state index is 14.0. The van der Waals surface area contributed by atoms with Crippen LogP contribution >= 0.6 is 23.2 Å². The molecule has 1 fully saturated rings. The minimum absolute atomic E-state index is 0.0265.